The molecule has 3 rings (SSSR count). The number of amides is 3. The van der Waals surface area contributed by atoms with Crippen LogP contribution in [0.15, 0.2) is 36.4 Å². The van der Waals surface area contributed by atoms with Crippen LogP contribution < -0.4 is 16.0 Å². The number of rotatable bonds is 6. The van der Waals surface area contributed by atoms with Gasteiger partial charge in [0.25, 0.3) is 5.91 Å². The van der Waals surface area contributed by atoms with Crippen molar-refractivity contribution >= 4 is 23.4 Å². The Kier molecular flexibility index (Phi) is 5.67. The van der Waals surface area contributed by atoms with Gasteiger partial charge in [0, 0.05) is 24.7 Å². The van der Waals surface area contributed by atoms with Crippen LogP contribution in [-0.4, -0.2) is 24.3 Å². The van der Waals surface area contributed by atoms with Crippen LogP contribution in [0.5, 0.6) is 0 Å². The first kappa shape index (κ1) is 19.5. The standard InChI is InChI=1S/C20H19F2N3O3/c1-11(12-2-5-17-13(8-12)9-19(27)25-17)24-18(26)6-7-23-20(28)15-4-3-14(21)10-16(15)22/h2-5,8,10-11H,6-7,9H2,1H3,(H,23,28)(H,24,26)(H,25,27)/t11-/m1/s1. The molecule has 3 amide bonds. The molecule has 3 N–H and O–H groups in total. The van der Waals surface area contributed by atoms with Gasteiger partial charge in [0.05, 0.1) is 18.0 Å². The van der Waals surface area contributed by atoms with E-state index in [-0.39, 0.29) is 36.4 Å². The van der Waals surface area contributed by atoms with Gasteiger partial charge in [0.15, 0.2) is 0 Å². The molecule has 0 aliphatic carbocycles. The fourth-order valence-electron chi connectivity index (χ4n) is 2.97. The van der Waals surface area contributed by atoms with Crippen molar-refractivity contribution in [2.75, 3.05) is 11.9 Å². The summed E-state index contributed by atoms with van der Waals surface area (Å²) >= 11 is 0. The molecule has 1 aliphatic rings. The van der Waals surface area contributed by atoms with Crippen LogP contribution in [0.3, 0.4) is 0 Å². The molecule has 0 bridgehead atoms. The zero-order valence-corrected chi connectivity index (χ0v) is 15.1. The SMILES string of the molecule is C[C@@H](NC(=O)CCNC(=O)c1ccc(F)cc1F)c1ccc2c(c1)CC(=O)N2. The Morgan fingerprint density at radius 1 is 1.18 bits per heavy atom. The lowest BCUT2D eigenvalue weighted by Crippen LogP contribution is -2.32. The molecule has 6 nitrogen and oxygen atoms in total. The highest BCUT2D eigenvalue weighted by Gasteiger charge is 2.19. The third kappa shape index (κ3) is 4.51. The Balaban J connectivity index is 1.48. The first-order chi connectivity index (χ1) is 13.3. The summed E-state index contributed by atoms with van der Waals surface area (Å²) in [7, 11) is 0. The third-order valence-electron chi connectivity index (χ3n) is 4.45. The highest BCUT2D eigenvalue weighted by molar-refractivity contribution is 5.99. The highest BCUT2D eigenvalue weighted by Crippen LogP contribution is 2.26. The molecule has 1 aliphatic heterocycles. The largest absolute Gasteiger partial charge is 0.351 e. The topological polar surface area (TPSA) is 87.3 Å². The number of hydrogen-bond donors (Lipinski definition) is 3. The smallest absolute Gasteiger partial charge is 0.254 e. The molecule has 28 heavy (non-hydrogen) atoms. The lowest BCUT2D eigenvalue weighted by atomic mass is 10.0. The summed E-state index contributed by atoms with van der Waals surface area (Å²) in [6.07, 6.45) is 0.319. The average molecular weight is 387 g/mol. The number of hydrogen-bond acceptors (Lipinski definition) is 3. The Hall–Kier alpha value is -3.29. The maximum Gasteiger partial charge on any atom is 0.254 e. The first-order valence-electron chi connectivity index (χ1n) is 8.79. The predicted octanol–water partition coefficient (Wildman–Crippen LogP) is 2.46. The summed E-state index contributed by atoms with van der Waals surface area (Å²) in [6, 6.07) is 7.89. The van der Waals surface area contributed by atoms with Gasteiger partial charge in [-0.3, -0.25) is 14.4 Å². The monoisotopic (exact) mass is 387 g/mol. The number of fused-ring (bicyclic) bond motifs is 1. The Labute approximate surface area is 160 Å². The summed E-state index contributed by atoms with van der Waals surface area (Å²) in [5, 5.41) is 8.00. The number of halogens is 2. The zero-order chi connectivity index (χ0) is 20.3. The molecule has 2 aromatic carbocycles. The average Bonchev–Trinajstić information content (AvgIpc) is 3.00. The quantitative estimate of drug-likeness (QED) is 0.712. The molecular formula is C20H19F2N3O3. The van der Waals surface area contributed by atoms with Crippen LogP contribution in [-0.2, 0) is 16.0 Å². The molecule has 146 valence electrons. The summed E-state index contributed by atoms with van der Waals surface area (Å²) in [6.45, 7) is 1.83. The van der Waals surface area contributed by atoms with Crippen LogP contribution >= 0.6 is 0 Å². The second kappa shape index (κ2) is 8.16. The van der Waals surface area contributed by atoms with Gasteiger partial charge < -0.3 is 16.0 Å². The lowest BCUT2D eigenvalue weighted by molar-refractivity contribution is -0.121. The van der Waals surface area contributed by atoms with Crippen LogP contribution in [0.4, 0.5) is 14.5 Å². The minimum absolute atomic E-state index is 0.00385. The van der Waals surface area contributed by atoms with Gasteiger partial charge in [0.2, 0.25) is 11.8 Å². The predicted molar refractivity (Wildman–Crippen MR) is 98.6 cm³/mol. The number of benzene rings is 2. The minimum Gasteiger partial charge on any atom is -0.351 e. The van der Waals surface area contributed by atoms with Gasteiger partial charge in [-0.1, -0.05) is 12.1 Å². The van der Waals surface area contributed by atoms with E-state index in [1.54, 1.807) is 6.07 Å². The van der Waals surface area contributed by atoms with Gasteiger partial charge in [-0.2, -0.15) is 0 Å². The van der Waals surface area contributed by atoms with E-state index in [9.17, 15) is 23.2 Å². The molecule has 8 heteroatoms. The number of nitrogens with one attached hydrogen (secondary N) is 3. The van der Waals surface area contributed by atoms with Gasteiger partial charge in [-0.05, 0) is 36.2 Å². The molecule has 0 saturated heterocycles. The van der Waals surface area contributed by atoms with E-state index in [2.05, 4.69) is 16.0 Å². The Morgan fingerprint density at radius 2 is 1.96 bits per heavy atom. The summed E-state index contributed by atoms with van der Waals surface area (Å²) in [5.41, 5.74) is 2.25. The van der Waals surface area contributed by atoms with Gasteiger partial charge in [-0.15, -0.1) is 0 Å². The molecule has 1 atom stereocenters. The summed E-state index contributed by atoms with van der Waals surface area (Å²) in [4.78, 5) is 35.4. The van der Waals surface area contributed by atoms with Crippen molar-refractivity contribution in [3.05, 3.63) is 64.7 Å². The molecule has 0 aromatic heterocycles. The van der Waals surface area contributed by atoms with Crippen LogP contribution in [0.1, 0.15) is 40.9 Å². The number of carbonyl (C=O) groups excluding carboxylic acids is 3. The number of carbonyl (C=O) groups is 3. The van der Waals surface area contributed by atoms with Gasteiger partial charge >= 0.3 is 0 Å². The molecule has 0 spiro atoms. The highest BCUT2D eigenvalue weighted by atomic mass is 19.1. The molecule has 0 saturated carbocycles. The van der Waals surface area contributed by atoms with Crippen molar-refractivity contribution in [3.8, 4) is 0 Å². The van der Waals surface area contributed by atoms with Crippen LogP contribution in [0.2, 0.25) is 0 Å². The van der Waals surface area contributed by atoms with Crippen LogP contribution in [0, 0.1) is 11.6 Å². The van der Waals surface area contributed by atoms with E-state index in [0.29, 0.717) is 12.5 Å². The maximum absolute atomic E-state index is 13.6. The lowest BCUT2D eigenvalue weighted by Gasteiger charge is -2.15. The minimum atomic E-state index is -0.958. The second-order valence-electron chi connectivity index (χ2n) is 6.56. The number of anilines is 1. The van der Waals surface area contributed by atoms with E-state index in [4.69, 9.17) is 0 Å². The molecule has 2 aromatic rings. The van der Waals surface area contributed by atoms with Gasteiger partial charge in [-0.25, -0.2) is 8.78 Å². The molecular weight excluding hydrogens is 368 g/mol. The van der Waals surface area contributed by atoms with Crippen molar-refractivity contribution in [1.82, 2.24) is 10.6 Å². The molecule has 0 fully saturated rings. The van der Waals surface area contributed by atoms with E-state index >= 15 is 0 Å². The van der Waals surface area contributed by atoms with E-state index < -0.39 is 17.5 Å². The molecule has 1 heterocycles. The fraction of sp³-hybridized carbons (Fsp3) is 0.250. The maximum atomic E-state index is 13.6. The van der Waals surface area contributed by atoms with Crippen molar-refractivity contribution in [2.45, 2.75) is 25.8 Å². The second-order valence-corrected chi connectivity index (χ2v) is 6.56. The Bertz CT molecular complexity index is 946. The fourth-order valence-corrected chi connectivity index (χ4v) is 2.97. The first-order valence-corrected chi connectivity index (χ1v) is 8.79. The van der Waals surface area contributed by atoms with Crippen molar-refractivity contribution in [2.24, 2.45) is 0 Å². The van der Waals surface area contributed by atoms with Crippen LogP contribution in [0.25, 0.3) is 0 Å². The summed E-state index contributed by atoms with van der Waals surface area (Å²) < 4.78 is 26.4. The van der Waals surface area contributed by atoms with Gasteiger partial charge in [0.1, 0.15) is 11.6 Å². The van der Waals surface area contributed by atoms with Crippen molar-refractivity contribution < 1.29 is 23.2 Å². The molecule has 0 radical (unpaired) electrons. The normalized spacial score (nSPS) is 13.5. The van der Waals surface area contributed by atoms with Crippen molar-refractivity contribution in [3.63, 3.8) is 0 Å². The van der Waals surface area contributed by atoms with E-state index in [1.807, 2.05) is 19.1 Å². The molecule has 0 unspecified atom stereocenters. The Morgan fingerprint density at radius 3 is 2.71 bits per heavy atom. The van der Waals surface area contributed by atoms with E-state index in [0.717, 1.165) is 28.9 Å². The third-order valence-corrected chi connectivity index (χ3v) is 4.45. The summed E-state index contributed by atoms with van der Waals surface area (Å²) in [5.74, 6) is -2.79. The van der Waals surface area contributed by atoms with E-state index in [1.165, 1.54) is 0 Å². The zero-order valence-electron chi connectivity index (χ0n) is 15.1. The van der Waals surface area contributed by atoms with Crippen molar-refractivity contribution in [1.29, 1.82) is 0 Å².